The van der Waals surface area contributed by atoms with E-state index in [0.717, 1.165) is 19.6 Å². The number of amides is 2. The summed E-state index contributed by atoms with van der Waals surface area (Å²) in [5.41, 5.74) is 0. The number of carbonyl (C=O) groups excluding carboxylic acids is 1. The van der Waals surface area contributed by atoms with Gasteiger partial charge in [0.1, 0.15) is 0 Å². The molecule has 2 N–H and O–H groups in total. The van der Waals surface area contributed by atoms with Crippen LogP contribution in [0.5, 0.6) is 0 Å². The molecule has 76 valence electrons. The van der Waals surface area contributed by atoms with Crippen molar-refractivity contribution >= 4 is 6.03 Å². The van der Waals surface area contributed by atoms with Crippen molar-refractivity contribution in [3.8, 4) is 0 Å². The van der Waals surface area contributed by atoms with Gasteiger partial charge in [-0.3, -0.25) is 0 Å². The van der Waals surface area contributed by atoms with Crippen molar-refractivity contribution in [2.75, 3.05) is 26.7 Å². The molecule has 1 heterocycles. The van der Waals surface area contributed by atoms with E-state index in [1.807, 2.05) is 25.8 Å². The van der Waals surface area contributed by atoms with Crippen LogP contribution in [0.25, 0.3) is 0 Å². The number of hydrogen-bond acceptors (Lipinski definition) is 2. The minimum atomic E-state index is 0.0716. The number of carbonyl (C=O) groups is 1. The Bertz CT molecular complexity index is 182. The van der Waals surface area contributed by atoms with Crippen LogP contribution in [0, 0.1) is 5.92 Å². The Hall–Kier alpha value is -0.770. The third kappa shape index (κ3) is 2.59. The largest absolute Gasteiger partial charge is 0.338 e. The van der Waals surface area contributed by atoms with Gasteiger partial charge in [0, 0.05) is 31.6 Å². The number of hydrogen-bond donors (Lipinski definition) is 2. The predicted molar refractivity (Wildman–Crippen MR) is 52.7 cm³/mol. The Morgan fingerprint density at radius 2 is 2.38 bits per heavy atom. The fourth-order valence-corrected chi connectivity index (χ4v) is 1.63. The maximum absolute atomic E-state index is 11.4. The minimum absolute atomic E-state index is 0.0716. The van der Waals surface area contributed by atoms with Crippen LogP contribution < -0.4 is 10.6 Å². The Labute approximate surface area is 79.7 Å². The monoisotopic (exact) mass is 185 g/mol. The van der Waals surface area contributed by atoms with Crippen LogP contribution >= 0.6 is 0 Å². The van der Waals surface area contributed by atoms with E-state index in [1.165, 1.54) is 0 Å². The van der Waals surface area contributed by atoms with Crippen LogP contribution in [0.1, 0.15) is 13.8 Å². The molecule has 2 amide bonds. The molecule has 0 aromatic rings. The van der Waals surface area contributed by atoms with Crippen LogP contribution in [-0.2, 0) is 0 Å². The molecule has 0 aromatic heterocycles. The minimum Gasteiger partial charge on any atom is -0.338 e. The van der Waals surface area contributed by atoms with Crippen molar-refractivity contribution in [2.24, 2.45) is 5.92 Å². The highest BCUT2D eigenvalue weighted by molar-refractivity contribution is 5.75. The Balaban J connectivity index is 2.48. The molecule has 0 saturated carbocycles. The SMILES string of the molecule is CNCC1CNC(=O)N(C(C)C)C1. The summed E-state index contributed by atoms with van der Waals surface area (Å²) in [7, 11) is 1.94. The van der Waals surface area contributed by atoms with Gasteiger partial charge in [0.15, 0.2) is 0 Å². The fourth-order valence-electron chi connectivity index (χ4n) is 1.63. The van der Waals surface area contributed by atoms with E-state index in [9.17, 15) is 4.79 Å². The van der Waals surface area contributed by atoms with Crippen molar-refractivity contribution in [3.05, 3.63) is 0 Å². The van der Waals surface area contributed by atoms with Crippen molar-refractivity contribution in [1.82, 2.24) is 15.5 Å². The first-order valence-corrected chi connectivity index (χ1v) is 4.84. The maximum atomic E-state index is 11.4. The molecule has 4 heteroatoms. The third-order valence-corrected chi connectivity index (χ3v) is 2.37. The molecule has 13 heavy (non-hydrogen) atoms. The molecular weight excluding hydrogens is 166 g/mol. The highest BCUT2D eigenvalue weighted by Crippen LogP contribution is 2.09. The number of nitrogens with one attached hydrogen (secondary N) is 2. The second kappa shape index (κ2) is 4.46. The van der Waals surface area contributed by atoms with E-state index >= 15 is 0 Å². The zero-order chi connectivity index (χ0) is 9.84. The van der Waals surface area contributed by atoms with E-state index in [4.69, 9.17) is 0 Å². The molecule has 0 spiro atoms. The highest BCUT2D eigenvalue weighted by atomic mass is 16.2. The highest BCUT2D eigenvalue weighted by Gasteiger charge is 2.26. The first-order valence-electron chi connectivity index (χ1n) is 4.84. The van der Waals surface area contributed by atoms with Gasteiger partial charge in [0.2, 0.25) is 0 Å². The molecule has 0 bridgehead atoms. The molecule has 1 rings (SSSR count). The third-order valence-electron chi connectivity index (χ3n) is 2.37. The van der Waals surface area contributed by atoms with Gasteiger partial charge < -0.3 is 15.5 Å². The Kier molecular flexibility index (Phi) is 3.54. The maximum Gasteiger partial charge on any atom is 0.317 e. The average molecular weight is 185 g/mol. The van der Waals surface area contributed by atoms with Crippen molar-refractivity contribution in [3.63, 3.8) is 0 Å². The molecule has 0 radical (unpaired) electrons. The van der Waals surface area contributed by atoms with E-state index in [2.05, 4.69) is 10.6 Å². The van der Waals surface area contributed by atoms with Gasteiger partial charge in [0.25, 0.3) is 0 Å². The van der Waals surface area contributed by atoms with Crippen LogP contribution in [-0.4, -0.2) is 43.7 Å². The summed E-state index contributed by atoms with van der Waals surface area (Å²) in [6, 6.07) is 0.363. The molecular formula is C9H19N3O. The first-order chi connectivity index (χ1) is 6.15. The Morgan fingerprint density at radius 3 is 2.92 bits per heavy atom. The van der Waals surface area contributed by atoms with Crippen molar-refractivity contribution in [2.45, 2.75) is 19.9 Å². The summed E-state index contributed by atoms with van der Waals surface area (Å²) >= 11 is 0. The molecule has 1 atom stereocenters. The molecule has 0 aliphatic carbocycles. The molecule has 4 nitrogen and oxygen atoms in total. The zero-order valence-electron chi connectivity index (χ0n) is 8.63. The van der Waals surface area contributed by atoms with Crippen molar-refractivity contribution < 1.29 is 4.79 Å². The van der Waals surface area contributed by atoms with E-state index in [-0.39, 0.29) is 6.03 Å². The lowest BCUT2D eigenvalue weighted by Crippen LogP contribution is -2.55. The molecule has 1 saturated heterocycles. The lowest BCUT2D eigenvalue weighted by Gasteiger charge is -2.35. The van der Waals surface area contributed by atoms with Gasteiger partial charge in [-0.1, -0.05) is 0 Å². The standard InChI is InChI=1S/C9H19N3O/c1-7(2)12-6-8(4-10-3)5-11-9(12)13/h7-8,10H,4-6H2,1-3H3,(H,11,13). The summed E-state index contributed by atoms with van der Waals surface area (Å²) in [5.74, 6) is 0.532. The molecule has 1 unspecified atom stereocenters. The second-order valence-corrected chi connectivity index (χ2v) is 3.86. The number of urea groups is 1. The lowest BCUT2D eigenvalue weighted by molar-refractivity contribution is 0.150. The smallest absolute Gasteiger partial charge is 0.317 e. The van der Waals surface area contributed by atoms with E-state index in [1.54, 1.807) is 0 Å². The summed E-state index contributed by atoms with van der Waals surface area (Å²) < 4.78 is 0. The molecule has 0 aromatic carbocycles. The van der Waals surface area contributed by atoms with E-state index in [0.29, 0.717) is 12.0 Å². The van der Waals surface area contributed by atoms with Gasteiger partial charge in [-0.25, -0.2) is 4.79 Å². The molecule has 1 aliphatic heterocycles. The van der Waals surface area contributed by atoms with E-state index < -0.39 is 0 Å². The summed E-state index contributed by atoms with van der Waals surface area (Å²) in [4.78, 5) is 13.3. The first kappa shape index (κ1) is 10.3. The quantitative estimate of drug-likeness (QED) is 0.662. The van der Waals surface area contributed by atoms with Gasteiger partial charge in [-0.15, -0.1) is 0 Å². The average Bonchev–Trinajstić information content (AvgIpc) is 2.08. The van der Waals surface area contributed by atoms with Gasteiger partial charge >= 0.3 is 6.03 Å². The van der Waals surface area contributed by atoms with Crippen LogP contribution in [0.15, 0.2) is 0 Å². The van der Waals surface area contributed by atoms with Gasteiger partial charge in [-0.2, -0.15) is 0 Å². The Morgan fingerprint density at radius 1 is 1.69 bits per heavy atom. The van der Waals surface area contributed by atoms with Gasteiger partial charge in [-0.05, 0) is 20.9 Å². The van der Waals surface area contributed by atoms with Crippen molar-refractivity contribution in [1.29, 1.82) is 0 Å². The van der Waals surface area contributed by atoms with Gasteiger partial charge in [0.05, 0.1) is 0 Å². The number of rotatable bonds is 3. The van der Waals surface area contributed by atoms with Crippen LogP contribution in [0.2, 0.25) is 0 Å². The summed E-state index contributed by atoms with van der Waals surface area (Å²) in [5, 5.41) is 6.03. The van der Waals surface area contributed by atoms with Crippen LogP contribution in [0.4, 0.5) is 4.79 Å². The zero-order valence-corrected chi connectivity index (χ0v) is 8.63. The summed E-state index contributed by atoms with van der Waals surface area (Å²) in [6.07, 6.45) is 0. The van der Waals surface area contributed by atoms with Crippen LogP contribution in [0.3, 0.4) is 0 Å². The lowest BCUT2D eigenvalue weighted by atomic mass is 10.1. The predicted octanol–water partition coefficient (Wildman–Crippen LogP) is 0.256. The molecule has 1 fully saturated rings. The molecule has 1 aliphatic rings. The topological polar surface area (TPSA) is 44.4 Å². The second-order valence-electron chi connectivity index (χ2n) is 3.86. The summed E-state index contributed by atoms with van der Waals surface area (Å²) in [6.45, 7) is 6.71. The normalized spacial score (nSPS) is 23.5. The fraction of sp³-hybridized carbons (Fsp3) is 0.889. The number of nitrogens with zero attached hydrogens (tertiary/aromatic N) is 1.